The van der Waals surface area contributed by atoms with Gasteiger partial charge in [-0.3, -0.25) is 4.98 Å². The van der Waals surface area contributed by atoms with Crippen LogP contribution in [0.5, 0.6) is 0 Å². The van der Waals surface area contributed by atoms with Crippen molar-refractivity contribution in [3.05, 3.63) is 65.2 Å². The highest BCUT2D eigenvalue weighted by molar-refractivity contribution is 5.36. The Kier molecular flexibility index (Phi) is 5.24. The van der Waals surface area contributed by atoms with Gasteiger partial charge in [0.15, 0.2) is 0 Å². The maximum Gasteiger partial charge on any atom is 0.128 e. The monoisotopic (exact) mass is 272 g/mol. The Morgan fingerprint density at radius 3 is 2.65 bits per heavy atom. The number of pyridine rings is 1. The van der Waals surface area contributed by atoms with Crippen LogP contribution in [0.25, 0.3) is 0 Å². The maximum atomic E-state index is 14.1. The molecule has 20 heavy (non-hydrogen) atoms. The largest absolute Gasteiger partial charge is 0.306 e. The molecule has 0 aliphatic rings. The Morgan fingerprint density at radius 2 is 1.95 bits per heavy atom. The number of hydrogen-bond acceptors (Lipinski definition) is 2. The predicted octanol–water partition coefficient (Wildman–Crippen LogP) is 3.87. The Bertz CT molecular complexity index is 554. The molecule has 2 rings (SSSR count). The number of aryl methyl sites for hydroxylation is 1. The van der Waals surface area contributed by atoms with Crippen LogP contribution in [-0.4, -0.2) is 11.5 Å². The van der Waals surface area contributed by atoms with Crippen molar-refractivity contribution >= 4 is 0 Å². The first kappa shape index (κ1) is 14.7. The molecule has 1 N–H and O–H groups in total. The van der Waals surface area contributed by atoms with Crippen LogP contribution in [0.2, 0.25) is 0 Å². The Balaban J connectivity index is 2.44. The van der Waals surface area contributed by atoms with Gasteiger partial charge < -0.3 is 5.32 Å². The third kappa shape index (κ3) is 3.23. The van der Waals surface area contributed by atoms with Crippen molar-refractivity contribution in [2.24, 2.45) is 0 Å². The van der Waals surface area contributed by atoms with E-state index in [1.807, 2.05) is 24.4 Å². The average molecular weight is 272 g/mol. The second-order valence-electron chi connectivity index (χ2n) is 4.84. The Labute approximate surface area is 120 Å². The standard InChI is InChI=1S/C17H21FN2/c1-3-10-20-17(15-7-5-6-8-16(15)18)14-9-11-19-12-13(14)4-2/h5-9,11-12,17,20H,3-4,10H2,1-2H3. The number of benzene rings is 1. The number of rotatable bonds is 6. The van der Waals surface area contributed by atoms with Crippen LogP contribution in [0.15, 0.2) is 42.7 Å². The van der Waals surface area contributed by atoms with Crippen LogP contribution in [-0.2, 0) is 6.42 Å². The Hall–Kier alpha value is -1.74. The minimum Gasteiger partial charge on any atom is -0.306 e. The van der Waals surface area contributed by atoms with Crippen molar-refractivity contribution in [1.29, 1.82) is 0 Å². The topological polar surface area (TPSA) is 24.9 Å². The molecule has 0 fully saturated rings. The Morgan fingerprint density at radius 1 is 1.15 bits per heavy atom. The van der Waals surface area contributed by atoms with Crippen molar-refractivity contribution in [2.45, 2.75) is 32.7 Å². The minimum absolute atomic E-state index is 0.117. The second kappa shape index (κ2) is 7.15. The molecule has 0 radical (unpaired) electrons. The highest BCUT2D eigenvalue weighted by Gasteiger charge is 2.19. The minimum atomic E-state index is -0.167. The molecular formula is C17H21FN2. The van der Waals surface area contributed by atoms with Crippen molar-refractivity contribution in [3.8, 4) is 0 Å². The third-order valence-corrected chi connectivity index (χ3v) is 3.45. The quantitative estimate of drug-likeness (QED) is 0.863. The van der Waals surface area contributed by atoms with Crippen molar-refractivity contribution < 1.29 is 4.39 Å². The van der Waals surface area contributed by atoms with Gasteiger partial charge in [-0.05, 0) is 42.6 Å². The van der Waals surface area contributed by atoms with E-state index in [0.717, 1.165) is 30.5 Å². The zero-order valence-corrected chi connectivity index (χ0v) is 12.1. The molecule has 0 saturated heterocycles. The zero-order chi connectivity index (χ0) is 14.4. The molecule has 0 aliphatic heterocycles. The maximum absolute atomic E-state index is 14.1. The van der Waals surface area contributed by atoms with E-state index in [2.05, 4.69) is 24.1 Å². The highest BCUT2D eigenvalue weighted by Crippen LogP contribution is 2.26. The zero-order valence-electron chi connectivity index (χ0n) is 12.1. The lowest BCUT2D eigenvalue weighted by molar-refractivity contribution is 0.544. The first-order chi connectivity index (χ1) is 9.77. The normalized spacial score (nSPS) is 12.3. The fraction of sp³-hybridized carbons (Fsp3) is 0.353. The van der Waals surface area contributed by atoms with Crippen molar-refractivity contribution in [2.75, 3.05) is 6.54 Å². The molecule has 0 aliphatic carbocycles. The fourth-order valence-electron chi connectivity index (χ4n) is 2.40. The lowest BCUT2D eigenvalue weighted by atomic mass is 9.94. The molecule has 0 saturated carbocycles. The lowest BCUT2D eigenvalue weighted by Crippen LogP contribution is -2.25. The van der Waals surface area contributed by atoms with Crippen LogP contribution in [0.3, 0.4) is 0 Å². The molecule has 0 bridgehead atoms. The van der Waals surface area contributed by atoms with Gasteiger partial charge in [0.1, 0.15) is 5.82 Å². The first-order valence-electron chi connectivity index (χ1n) is 7.18. The van der Waals surface area contributed by atoms with Gasteiger partial charge >= 0.3 is 0 Å². The highest BCUT2D eigenvalue weighted by atomic mass is 19.1. The summed E-state index contributed by atoms with van der Waals surface area (Å²) >= 11 is 0. The van der Waals surface area contributed by atoms with Gasteiger partial charge in [0.05, 0.1) is 6.04 Å². The molecule has 2 nitrogen and oxygen atoms in total. The number of hydrogen-bond donors (Lipinski definition) is 1. The molecular weight excluding hydrogens is 251 g/mol. The van der Waals surface area contributed by atoms with Crippen LogP contribution < -0.4 is 5.32 Å². The van der Waals surface area contributed by atoms with Crippen LogP contribution in [0.4, 0.5) is 4.39 Å². The summed E-state index contributed by atoms with van der Waals surface area (Å²) in [6, 6.07) is 8.84. The smallest absolute Gasteiger partial charge is 0.128 e. The number of nitrogens with zero attached hydrogens (tertiary/aromatic N) is 1. The van der Waals surface area contributed by atoms with Crippen LogP contribution in [0.1, 0.15) is 43.0 Å². The summed E-state index contributed by atoms with van der Waals surface area (Å²) < 4.78 is 14.1. The summed E-state index contributed by atoms with van der Waals surface area (Å²) in [7, 11) is 0. The number of halogens is 1. The van der Waals surface area contributed by atoms with Gasteiger partial charge in [0.2, 0.25) is 0 Å². The molecule has 3 heteroatoms. The van der Waals surface area contributed by atoms with Gasteiger partial charge in [-0.15, -0.1) is 0 Å². The SMILES string of the molecule is CCCNC(c1ccccc1F)c1ccncc1CC. The van der Waals surface area contributed by atoms with Crippen LogP contribution in [0, 0.1) is 5.82 Å². The van der Waals surface area contributed by atoms with Crippen molar-refractivity contribution in [1.82, 2.24) is 10.3 Å². The molecule has 1 heterocycles. The molecule has 1 atom stereocenters. The van der Waals surface area contributed by atoms with Gasteiger partial charge in [-0.25, -0.2) is 4.39 Å². The van der Waals surface area contributed by atoms with Gasteiger partial charge in [-0.1, -0.05) is 32.0 Å². The van der Waals surface area contributed by atoms with E-state index < -0.39 is 0 Å². The summed E-state index contributed by atoms with van der Waals surface area (Å²) in [6.07, 6.45) is 5.55. The number of aromatic nitrogens is 1. The third-order valence-electron chi connectivity index (χ3n) is 3.45. The summed E-state index contributed by atoms with van der Waals surface area (Å²) in [4.78, 5) is 4.17. The fourth-order valence-corrected chi connectivity index (χ4v) is 2.40. The first-order valence-corrected chi connectivity index (χ1v) is 7.18. The summed E-state index contributed by atoms with van der Waals surface area (Å²) in [5, 5.41) is 3.45. The van der Waals surface area contributed by atoms with E-state index in [-0.39, 0.29) is 11.9 Å². The molecule has 1 aromatic heterocycles. The molecule has 1 aromatic carbocycles. The number of nitrogens with one attached hydrogen (secondary N) is 1. The average Bonchev–Trinajstić information content (AvgIpc) is 2.49. The van der Waals surface area contributed by atoms with E-state index in [4.69, 9.17) is 0 Å². The van der Waals surface area contributed by atoms with E-state index >= 15 is 0 Å². The molecule has 0 spiro atoms. The van der Waals surface area contributed by atoms with E-state index in [1.54, 1.807) is 12.3 Å². The molecule has 2 aromatic rings. The summed E-state index contributed by atoms with van der Waals surface area (Å²) in [5.74, 6) is -0.167. The predicted molar refractivity (Wildman–Crippen MR) is 80.2 cm³/mol. The summed E-state index contributed by atoms with van der Waals surface area (Å²) in [5.41, 5.74) is 2.97. The van der Waals surface area contributed by atoms with Crippen LogP contribution >= 0.6 is 0 Å². The summed E-state index contributed by atoms with van der Waals surface area (Å²) in [6.45, 7) is 5.06. The van der Waals surface area contributed by atoms with Gasteiger partial charge in [0.25, 0.3) is 0 Å². The lowest BCUT2D eigenvalue weighted by Gasteiger charge is -2.22. The molecule has 0 amide bonds. The van der Waals surface area contributed by atoms with E-state index in [1.165, 1.54) is 6.07 Å². The van der Waals surface area contributed by atoms with E-state index in [0.29, 0.717) is 5.56 Å². The second-order valence-corrected chi connectivity index (χ2v) is 4.84. The van der Waals surface area contributed by atoms with Gasteiger partial charge in [-0.2, -0.15) is 0 Å². The molecule has 1 unspecified atom stereocenters. The van der Waals surface area contributed by atoms with E-state index in [9.17, 15) is 4.39 Å². The van der Waals surface area contributed by atoms with Crippen molar-refractivity contribution in [3.63, 3.8) is 0 Å². The molecule has 106 valence electrons. The van der Waals surface area contributed by atoms with Gasteiger partial charge in [0, 0.05) is 18.0 Å².